The fraction of sp³-hybridized carbons (Fsp3) is 0.455. The summed E-state index contributed by atoms with van der Waals surface area (Å²) in [5, 5.41) is 7.67. The van der Waals surface area contributed by atoms with Crippen molar-refractivity contribution < 1.29 is 0 Å². The number of imidazole rings is 1. The van der Waals surface area contributed by atoms with Crippen LogP contribution in [0.3, 0.4) is 0 Å². The van der Waals surface area contributed by atoms with Gasteiger partial charge in [0, 0.05) is 38.4 Å². The zero-order valence-corrected chi connectivity index (χ0v) is 9.70. The van der Waals surface area contributed by atoms with E-state index in [1.165, 1.54) is 0 Å². The number of rotatable bonds is 5. The lowest BCUT2D eigenvalue weighted by atomic mass is 10.3. The molecule has 0 radical (unpaired) electrons. The minimum absolute atomic E-state index is 0.808. The van der Waals surface area contributed by atoms with Crippen LogP contribution in [0.2, 0.25) is 0 Å². The standard InChI is InChI=1S/C11H17N5/c1-9-11(14-8-13-9)7-12-5-3-10-4-6-16(2)15-10/h4,6,8,12H,3,5,7H2,1-2H3,(H,13,14). The second kappa shape index (κ2) is 4.94. The van der Waals surface area contributed by atoms with E-state index in [-0.39, 0.29) is 0 Å². The van der Waals surface area contributed by atoms with Crippen LogP contribution in [0.25, 0.3) is 0 Å². The second-order valence-corrected chi connectivity index (χ2v) is 3.88. The molecule has 86 valence electrons. The average molecular weight is 219 g/mol. The number of H-pyrrole nitrogens is 1. The highest BCUT2D eigenvalue weighted by Crippen LogP contribution is 1.99. The molecule has 2 aromatic rings. The van der Waals surface area contributed by atoms with Gasteiger partial charge in [0.05, 0.1) is 17.7 Å². The molecule has 0 saturated heterocycles. The molecule has 0 aliphatic carbocycles. The topological polar surface area (TPSA) is 58.5 Å². The smallest absolute Gasteiger partial charge is 0.0925 e. The molecule has 0 bridgehead atoms. The van der Waals surface area contributed by atoms with E-state index < -0.39 is 0 Å². The lowest BCUT2D eigenvalue weighted by Gasteiger charge is -2.01. The van der Waals surface area contributed by atoms with Gasteiger partial charge in [-0.3, -0.25) is 4.68 Å². The summed E-state index contributed by atoms with van der Waals surface area (Å²) in [5.74, 6) is 0. The summed E-state index contributed by atoms with van der Waals surface area (Å²) in [4.78, 5) is 7.29. The predicted octanol–water partition coefficient (Wildman–Crippen LogP) is 0.784. The monoisotopic (exact) mass is 219 g/mol. The Morgan fingerprint density at radius 1 is 1.50 bits per heavy atom. The largest absolute Gasteiger partial charge is 0.348 e. The molecule has 0 fully saturated rings. The maximum absolute atomic E-state index is 4.32. The zero-order valence-electron chi connectivity index (χ0n) is 9.70. The Morgan fingerprint density at radius 3 is 3.00 bits per heavy atom. The Labute approximate surface area is 94.9 Å². The number of nitrogens with one attached hydrogen (secondary N) is 2. The number of aromatic amines is 1. The zero-order chi connectivity index (χ0) is 11.4. The third-order valence-corrected chi connectivity index (χ3v) is 2.55. The van der Waals surface area contributed by atoms with E-state index in [0.717, 1.165) is 36.6 Å². The van der Waals surface area contributed by atoms with Crippen LogP contribution >= 0.6 is 0 Å². The Balaban J connectivity index is 1.71. The summed E-state index contributed by atoms with van der Waals surface area (Å²) in [6.45, 7) is 3.76. The van der Waals surface area contributed by atoms with Crippen molar-refractivity contribution in [1.29, 1.82) is 0 Å². The van der Waals surface area contributed by atoms with Gasteiger partial charge in [0.1, 0.15) is 0 Å². The molecule has 2 heterocycles. The molecule has 5 heteroatoms. The number of hydrogen-bond acceptors (Lipinski definition) is 3. The van der Waals surface area contributed by atoms with Crippen molar-refractivity contribution in [1.82, 2.24) is 25.1 Å². The fourth-order valence-corrected chi connectivity index (χ4v) is 1.59. The van der Waals surface area contributed by atoms with Crippen molar-refractivity contribution in [2.45, 2.75) is 19.9 Å². The fourth-order valence-electron chi connectivity index (χ4n) is 1.59. The highest BCUT2D eigenvalue weighted by Gasteiger charge is 2.00. The summed E-state index contributed by atoms with van der Waals surface area (Å²) in [6.07, 6.45) is 4.64. The van der Waals surface area contributed by atoms with E-state index >= 15 is 0 Å². The van der Waals surface area contributed by atoms with Crippen LogP contribution in [0.15, 0.2) is 18.6 Å². The molecule has 0 spiro atoms. The molecule has 0 atom stereocenters. The van der Waals surface area contributed by atoms with Gasteiger partial charge in [0.15, 0.2) is 0 Å². The van der Waals surface area contributed by atoms with Crippen molar-refractivity contribution in [3.63, 3.8) is 0 Å². The maximum Gasteiger partial charge on any atom is 0.0925 e. The Hall–Kier alpha value is -1.62. The third kappa shape index (κ3) is 2.70. The van der Waals surface area contributed by atoms with Gasteiger partial charge in [-0.15, -0.1) is 0 Å². The van der Waals surface area contributed by atoms with Crippen LogP contribution in [0.5, 0.6) is 0 Å². The van der Waals surface area contributed by atoms with Crippen LogP contribution in [0.1, 0.15) is 17.1 Å². The first kappa shape index (κ1) is 10.9. The lowest BCUT2D eigenvalue weighted by Crippen LogP contribution is -2.17. The van der Waals surface area contributed by atoms with Gasteiger partial charge in [-0.05, 0) is 13.0 Å². The van der Waals surface area contributed by atoms with Gasteiger partial charge in [0.2, 0.25) is 0 Å². The first-order valence-corrected chi connectivity index (χ1v) is 5.44. The first-order valence-electron chi connectivity index (χ1n) is 5.44. The van der Waals surface area contributed by atoms with Gasteiger partial charge in [-0.2, -0.15) is 5.10 Å². The normalized spacial score (nSPS) is 10.9. The molecule has 2 rings (SSSR count). The molecular formula is C11H17N5. The second-order valence-electron chi connectivity index (χ2n) is 3.88. The summed E-state index contributed by atoms with van der Waals surface area (Å²) >= 11 is 0. The van der Waals surface area contributed by atoms with Gasteiger partial charge in [0.25, 0.3) is 0 Å². The van der Waals surface area contributed by atoms with Crippen molar-refractivity contribution >= 4 is 0 Å². The van der Waals surface area contributed by atoms with Gasteiger partial charge < -0.3 is 10.3 Å². The van der Waals surface area contributed by atoms with Crippen LogP contribution in [0, 0.1) is 6.92 Å². The van der Waals surface area contributed by atoms with E-state index in [1.807, 2.05) is 30.9 Å². The molecule has 16 heavy (non-hydrogen) atoms. The van der Waals surface area contributed by atoms with Crippen molar-refractivity contribution in [2.75, 3.05) is 6.54 Å². The summed E-state index contributed by atoms with van der Waals surface area (Å²) in [7, 11) is 1.93. The van der Waals surface area contributed by atoms with Gasteiger partial charge in [-0.1, -0.05) is 0 Å². The third-order valence-electron chi connectivity index (χ3n) is 2.55. The van der Waals surface area contributed by atoms with E-state index in [9.17, 15) is 0 Å². The van der Waals surface area contributed by atoms with Crippen molar-refractivity contribution in [3.05, 3.63) is 35.7 Å². The molecule has 0 aliphatic rings. The average Bonchev–Trinajstić information content (AvgIpc) is 2.83. The molecule has 0 unspecified atom stereocenters. The SMILES string of the molecule is Cc1[nH]cnc1CNCCc1ccn(C)n1. The Kier molecular flexibility index (Phi) is 3.36. The molecule has 0 aromatic carbocycles. The molecule has 5 nitrogen and oxygen atoms in total. The van der Waals surface area contributed by atoms with Crippen molar-refractivity contribution in [3.8, 4) is 0 Å². The summed E-state index contributed by atoms with van der Waals surface area (Å²) in [5.41, 5.74) is 3.33. The van der Waals surface area contributed by atoms with Crippen LogP contribution in [-0.2, 0) is 20.0 Å². The van der Waals surface area contributed by atoms with E-state index in [2.05, 4.69) is 20.4 Å². The number of hydrogen-bond donors (Lipinski definition) is 2. The number of aromatic nitrogens is 4. The predicted molar refractivity (Wildman–Crippen MR) is 61.9 cm³/mol. The highest BCUT2D eigenvalue weighted by molar-refractivity contribution is 5.08. The minimum Gasteiger partial charge on any atom is -0.348 e. The molecule has 2 aromatic heterocycles. The molecule has 2 N–H and O–H groups in total. The molecule has 0 saturated carbocycles. The maximum atomic E-state index is 4.32. The summed E-state index contributed by atoms with van der Waals surface area (Å²) in [6, 6.07) is 2.04. The van der Waals surface area contributed by atoms with Crippen LogP contribution in [-0.4, -0.2) is 26.3 Å². The Bertz CT molecular complexity index is 443. The molecular weight excluding hydrogens is 202 g/mol. The first-order chi connectivity index (χ1) is 7.75. The van der Waals surface area contributed by atoms with Gasteiger partial charge in [-0.25, -0.2) is 4.98 Å². The number of nitrogens with zero attached hydrogens (tertiary/aromatic N) is 3. The van der Waals surface area contributed by atoms with E-state index in [4.69, 9.17) is 0 Å². The Morgan fingerprint density at radius 2 is 2.38 bits per heavy atom. The lowest BCUT2D eigenvalue weighted by molar-refractivity contribution is 0.656. The summed E-state index contributed by atoms with van der Waals surface area (Å²) < 4.78 is 1.83. The van der Waals surface area contributed by atoms with E-state index in [1.54, 1.807) is 6.33 Å². The van der Waals surface area contributed by atoms with Gasteiger partial charge >= 0.3 is 0 Å². The highest BCUT2D eigenvalue weighted by atomic mass is 15.2. The van der Waals surface area contributed by atoms with Crippen LogP contribution in [0.4, 0.5) is 0 Å². The van der Waals surface area contributed by atoms with E-state index in [0.29, 0.717) is 0 Å². The van der Waals surface area contributed by atoms with Crippen LogP contribution < -0.4 is 5.32 Å². The quantitative estimate of drug-likeness (QED) is 0.731. The molecule has 0 amide bonds. The van der Waals surface area contributed by atoms with Crippen molar-refractivity contribution in [2.24, 2.45) is 7.05 Å². The minimum atomic E-state index is 0.808. The number of aryl methyl sites for hydroxylation is 2. The molecule has 0 aliphatic heterocycles.